The molecule has 1 aromatic carbocycles. The highest BCUT2D eigenvalue weighted by Gasteiger charge is 2.16. The molecule has 0 bridgehead atoms. The third-order valence-electron chi connectivity index (χ3n) is 4.25. The summed E-state index contributed by atoms with van der Waals surface area (Å²) < 4.78 is 3.03. The van der Waals surface area contributed by atoms with Crippen LogP contribution in [0.4, 0.5) is 0 Å². The van der Waals surface area contributed by atoms with Crippen molar-refractivity contribution >= 4 is 11.2 Å². The Labute approximate surface area is 149 Å². The van der Waals surface area contributed by atoms with Crippen molar-refractivity contribution in [2.45, 2.75) is 25.9 Å². The predicted molar refractivity (Wildman–Crippen MR) is 97.7 cm³/mol. The van der Waals surface area contributed by atoms with E-state index in [9.17, 15) is 9.59 Å². The standard InChI is InChI=1S/C18H20N6O2/c1-23-16-15(17(25)22-18(23)26)24(11-5-9-19)14(21-16)12-20-10-8-13-6-3-2-4-7-13/h2-4,6-7,20H,5,8,10-12H2,1H3,(H,22,25,26). The predicted octanol–water partition coefficient (Wildman–Crippen LogP) is 0.669. The number of aromatic amines is 1. The van der Waals surface area contributed by atoms with Gasteiger partial charge in [-0.15, -0.1) is 0 Å². The van der Waals surface area contributed by atoms with Crippen LogP contribution in [0.2, 0.25) is 0 Å². The summed E-state index contributed by atoms with van der Waals surface area (Å²) in [4.78, 5) is 30.8. The van der Waals surface area contributed by atoms with E-state index in [2.05, 4.69) is 33.5 Å². The minimum Gasteiger partial charge on any atom is -0.320 e. The third kappa shape index (κ3) is 3.58. The molecule has 0 amide bonds. The molecule has 0 aliphatic heterocycles. The summed E-state index contributed by atoms with van der Waals surface area (Å²) in [6.45, 7) is 1.55. The number of aromatic nitrogens is 4. The number of fused-ring (bicyclic) bond motifs is 1. The molecule has 0 atom stereocenters. The lowest BCUT2D eigenvalue weighted by atomic mass is 10.1. The summed E-state index contributed by atoms with van der Waals surface area (Å²) in [7, 11) is 1.56. The lowest BCUT2D eigenvalue weighted by molar-refractivity contribution is 0.609. The fraction of sp³-hybridized carbons (Fsp3) is 0.333. The number of hydrogen-bond donors (Lipinski definition) is 2. The number of nitrogens with one attached hydrogen (secondary N) is 2. The Balaban J connectivity index is 1.83. The van der Waals surface area contributed by atoms with Crippen LogP contribution in [0.5, 0.6) is 0 Å². The van der Waals surface area contributed by atoms with Gasteiger partial charge in [0, 0.05) is 13.6 Å². The van der Waals surface area contributed by atoms with Gasteiger partial charge >= 0.3 is 5.69 Å². The van der Waals surface area contributed by atoms with Crippen LogP contribution in [0, 0.1) is 11.3 Å². The van der Waals surface area contributed by atoms with Crippen LogP contribution >= 0.6 is 0 Å². The van der Waals surface area contributed by atoms with Gasteiger partial charge < -0.3 is 9.88 Å². The van der Waals surface area contributed by atoms with Crippen molar-refractivity contribution in [2.24, 2.45) is 7.05 Å². The van der Waals surface area contributed by atoms with Crippen LogP contribution in [0.25, 0.3) is 11.2 Å². The van der Waals surface area contributed by atoms with Crippen molar-refractivity contribution in [1.82, 2.24) is 24.4 Å². The Kier molecular flexibility index (Phi) is 5.29. The number of nitriles is 1. The smallest absolute Gasteiger partial charge is 0.320 e. The van der Waals surface area contributed by atoms with Crippen molar-refractivity contribution in [3.63, 3.8) is 0 Å². The van der Waals surface area contributed by atoms with Gasteiger partial charge in [-0.3, -0.25) is 14.3 Å². The van der Waals surface area contributed by atoms with Crippen molar-refractivity contribution in [2.75, 3.05) is 6.54 Å². The number of imidazole rings is 1. The lowest BCUT2D eigenvalue weighted by Crippen LogP contribution is -2.29. The fourth-order valence-electron chi connectivity index (χ4n) is 2.89. The number of H-pyrrole nitrogens is 1. The van der Waals surface area contributed by atoms with E-state index in [4.69, 9.17) is 5.26 Å². The largest absolute Gasteiger partial charge is 0.329 e. The van der Waals surface area contributed by atoms with Crippen LogP contribution < -0.4 is 16.6 Å². The van der Waals surface area contributed by atoms with Crippen molar-refractivity contribution in [1.29, 1.82) is 5.26 Å². The summed E-state index contributed by atoms with van der Waals surface area (Å²) in [5, 5.41) is 12.2. The Morgan fingerprint density at radius 3 is 2.77 bits per heavy atom. The number of nitrogens with zero attached hydrogens (tertiary/aromatic N) is 4. The summed E-state index contributed by atoms with van der Waals surface area (Å²) >= 11 is 0. The highest BCUT2D eigenvalue weighted by molar-refractivity contribution is 5.70. The second-order valence-electron chi connectivity index (χ2n) is 5.99. The maximum atomic E-state index is 12.2. The van der Waals surface area contributed by atoms with Gasteiger partial charge in [0.1, 0.15) is 5.82 Å². The fourth-order valence-corrected chi connectivity index (χ4v) is 2.89. The Morgan fingerprint density at radius 1 is 1.27 bits per heavy atom. The molecule has 0 radical (unpaired) electrons. The molecular weight excluding hydrogens is 332 g/mol. The van der Waals surface area contributed by atoms with Crippen LogP contribution in [0.1, 0.15) is 17.8 Å². The SMILES string of the molecule is Cn1c(=O)[nH]c(=O)c2c1nc(CNCCc1ccccc1)n2CCC#N. The second-order valence-corrected chi connectivity index (χ2v) is 5.99. The van der Waals surface area contributed by atoms with E-state index in [1.165, 1.54) is 10.1 Å². The zero-order chi connectivity index (χ0) is 18.5. The molecule has 8 nitrogen and oxygen atoms in total. The lowest BCUT2D eigenvalue weighted by Gasteiger charge is -2.08. The monoisotopic (exact) mass is 352 g/mol. The number of rotatable bonds is 7. The molecule has 8 heteroatoms. The average Bonchev–Trinajstić information content (AvgIpc) is 3.01. The molecule has 0 spiro atoms. The van der Waals surface area contributed by atoms with Gasteiger partial charge in [-0.25, -0.2) is 9.78 Å². The van der Waals surface area contributed by atoms with Crippen LogP contribution in [0.3, 0.4) is 0 Å². The zero-order valence-corrected chi connectivity index (χ0v) is 14.5. The minimum absolute atomic E-state index is 0.255. The molecule has 3 rings (SSSR count). The zero-order valence-electron chi connectivity index (χ0n) is 14.5. The maximum absolute atomic E-state index is 12.2. The third-order valence-corrected chi connectivity index (χ3v) is 4.25. The molecule has 2 aromatic heterocycles. The molecule has 26 heavy (non-hydrogen) atoms. The molecular formula is C18H20N6O2. The first kappa shape index (κ1) is 17.6. The molecule has 0 aliphatic rings. The van der Waals surface area contributed by atoms with Gasteiger partial charge in [0.2, 0.25) is 0 Å². The molecule has 0 fully saturated rings. The van der Waals surface area contributed by atoms with Crippen LogP contribution in [-0.2, 0) is 26.6 Å². The first-order valence-electron chi connectivity index (χ1n) is 8.42. The highest BCUT2D eigenvalue weighted by Crippen LogP contribution is 2.11. The summed E-state index contributed by atoms with van der Waals surface area (Å²) in [5.41, 5.74) is 0.899. The average molecular weight is 352 g/mol. The maximum Gasteiger partial charge on any atom is 0.329 e. The van der Waals surface area contributed by atoms with Crippen molar-refractivity contribution < 1.29 is 0 Å². The van der Waals surface area contributed by atoms with Crippen molar-refractivity contribution in [3.05, 3.63) is 62.6 Å². The molecule has 0 aliphatic carbocycles. The van der Waals surface area contributed by atoms with Crippen LogP contribution in [-0.4, -0.2) is 25.6 Å². The summed E-state index contributed by atoms with van der Waals surface area (Å²) in [6, 6.07) is 12.2. The molecule has 0 saturated carbocycles. The molecule has 0 unspecified atom stereocenters. The Hall–Kier alpha value is -3.18. The molecule has 0 saturated heterocycles. The number of aryl methyl sites for hydroxylation is 2. The van der Waals surface area contributed by atoms with Gasteiger partial charge in [0.15, 0.2) is 11.2 Å². The van der Waals surface area contributed by atoms with E-state index >= 15 is 0 Å². The van der Waals surface area contributed by atoms with Gasteiger partial charge in [-0.1, -0.05) is 30.3 Å². The molecule has 3 aromatic rings. The summed E-state index contributed by atoms with van der Waals surface area (Å²) in [5.74, 6) is 0.634. The minimum atomic E-state index is -0.504. The van der Waals surface area contributed by atoms with Crippen molar-refractivity contribution in [3.8, 4) is 6.07 Å². The Bertz CT molecular complexity index is 1060. The van der Waals surface area contributed by atoms with Gasteiger partial charge in [0.05, 0.1) is 19.0 Å². The normalized spacial score (nSPS) is 10.9. The molecule has 2 N–H and O–H groups in total. The van der Waals surface area contributed by atoms with Gasteiger partial charge in [-0.05, 0) is 18.5 Å². The van der Waals surface area contributed by atoms with E-state index in [1.807, 2.05) is 18.2 Å². The van der Waals surface area contributed by atoms with Gasteiger partial charge in [0.25, 0.3) is 5.56 Å². The van der Waals surface area contributed by atoms with E-state index in [0.29, 0.717) is 30.1 Å². The van der Waals surface area contributed by atoms with E-state index in [0.717, 1.165) is 13.0 Å². The highest BCUT2D eigenvalue weighted by atomic mass is 16.2. The number of benzene rings is 1. The van der Waals surface area contributed by atoms with E-state index < -0.39 is 11.2 Å². The first-order valence-corrected chi connectivity index (χ1v) is 8.42. The van der Waals surface area contributed by atoms with Crippen LogP contribution in [0.15, 0.2) is 39.9 Å². The Morgan fingerprint density at radius 2 is 2.04 bits per heavy atom. The molecule has 134 valence electrons. The number of hydrogen-bond acceptors (Lipinski definition) is 5. The van der Waals surface area contributed by atoms with Gasteiger partial charge in [-0.2, -0.15) is 5.26 Å². The second kappa shape index (κ2) is 7.80. The topological polar surface area (TPSA) is 108 Å². The van der Waals surface area contributed by atoms with E-state index in [-0.39, 0.29) is 6.42 Å². The van der Waals surface area contributed by atoms with E-state index in [1.54, 1.807) is 11.6 Å². The summed E-state index contributed by atoms with van der Waals surface area (Å²) in [6.07, 6.45) is 1.13. The first-order chi connectivity index (χ1) is 12.6. The molecule has 2 heterocycles. The quantitative estimate of drug-likeness (QED) is 0.608.